The first-order valence-corrected chi connectivity index (χ1v) is 8.88. The lowest BCUT2D eigenvalue weighted by Gasteiger charge is -2.09. The number of aromatic nitrogens is 2. The molecular weight excluding hydrogens is 394 g/mol. The first kappa shape index (κ1) is 20.8. The van der Waals surface area contributed by atoms with Crippen LogP contribution in [0.3, 0.4) is 0 Å². The summed E-state index contributed by atoms with van der Waals surface area (Å²) in [7, 11) is 1.32. The lowest BCUT2D eigenvalue weighted by molar-refractivity contribution is -0.384. The molecule has 0 aliphatic carbocycles. The molecule has 2 aromatic heterocycles. The molecule has 30 heavy (non-hydrogen) atoms. The largest absolute Gasteiger partial charge is 0.496 e. The second kappa shape index (κ2) is 8.19. The number of ether oxygens (including phenoxy) is 2. The monoisotopic (exact) mass is 413 g/mol. The number of esters is 1. The highest BCUT2D eigenvalue weighted by Crippen LogP contribution is 2.25. The molecule has 156 valence electrons. The van der Waals surface area contributed by atoms with E-state index >= 15 is 0 Å². The smallest absolute Gasteiger partial charge is 0.342 e. The molecule has 1 aromatic carbocycles. The van der Waals surface area contributed by atoms with Crippen molar-refractivity contribution in [2.45, 2.75) is 20.8 Å². The van der Waals surface area contributed by atoms with E-state index in [1.807, 2.05) is 6.92 Å². The van der Waals surface area contributed by atoms with Crippen LogP contribution in [0.5, 0.6) is 5.75 Å². The second-order valence-corrected chi connectivity index (χ2v) is 6.56. The van der Waals surface area contributed by atoms with E-state index in [0.717, 1.165) is 11.8 Å². The predicted molar refractivity (Wildman–Crippen MR) is 104 cm³/mol. The number of rotatable bonds is 7. The van der Waals surface area contributed by atoms with Crippen LogP contribution in [0.15, 0.2) is 34.9 Å². The van der Waals surface area contributed by atoms with Crippen LogP contribution in [0, 0.1) is 30.9 Å². The lowest BCUT2D eigenvalue weighted by atomic mass is 10.1. The van der Waals surface area contributed by atoms with Crippen molar-refractivity contribution in [2.75, 3.05) is 13.7 Å². The standard InChI is InChI=1S/C20H19N3O7/c1-11-7-15(13(3)22(11)19-8-12(2)30-21-19)17(24)10-29-20(25)16-9-14(23(26)27)5-6-18(16)28-4/h5-9H,10H2,1-4H3. The second-order valence-electron chi connectivity index (χ2n) is 6.56. The zero-order valence-corrected chi connectivity index (χ0v) is 16.8. The van der Waals surface area contributed by atoms with Gasteiger partial charge in [-0.1, -0.05) is 5.16 Å². The molecule has 10 nitrogen and oxygen atoms in total. The molecule has 0 atom stereocenters. The summed E-state index contributed by atoms with van der Waals surface area (Å²) < 4.78 is 17.0. The van der Waals surface area contributed by atoms with Gasteiger partial charge in [0.25, 0.3) is 5.69 Å². The van der Waals surface area contributed by atoms with Gasteiger partial charge in [-0.05, 0) is 32.9 Å². The highest BCUT2D eigenvalue weighted by atomic mass is 16.6. The molecule has 0 saturated carbocycles. The summed E-state index contributed by atoms with van der Waals surface area (Å²) in [5.41, 5.74) is 1.32. The van der Waals surface area contributed by atoms with Crippen molar-refractivity contribution in [3.05, 3.63) is 68.7 Å². The molecule has 10 heteroatoms. The molecule has 0 spiro atoms. The van der Waals surface area contributed by atoms with Crippen molar-refractivity contribution in [3.8, 4) is 11.6 Å². The van der Waals surface area contributed by atoms with E-state index < -0.39 is 23.3 Å². The zero-order chi connectivity index (χ0) is 22.0. The number of Topliss-reactive ketones (excluding diaryl/α,β-unsaturated/α-hetero) is 1. The molecule has 0 aliphatic heterocycles. The van der Waals surface area contributed by atoms with Gasteiger partial charge in [0.2, 0.25) is 5.78 Å². The van der Waals surface area contributed by atoms with Gasteiger partial charge in [0.15, 0.2) is 12.4 Å². The van der Waals surface area contributed by atoms with Crippen LogP contribution >= 0.6 is 0 Å². The summed E-state index contributed by atoms with van der Waals surface area (Å²) in [6.07, 6.45) is 0. The Bertz CT molecular complexity index is 1140. The number of benzene rings is 1. The number of nitrogens with zero attached hydrogens (tertiary/aromatic N) is 3. The van der Waals surface area contributed by atoms with E-state index in [2.05, 4.69) is 5.16 Å². The minimum atomic E-state index is -0.898. The van der Waals surface area contributed by atoms with Crippen molar-refractivity contribution in [1.29, 1.82) is 0 Å². The quantitative estimate of drug-likeness (QED) is 0.250. The molecule has 2 heterocycles. The topological polar surface area (TPSA) is 127 Å². The molecular formula is C20H19N3O7. The Morgan fingerprint density at radius 1 is 1.17 bits per heavy atom. The molecule has 0 aliphatic rings. The SMILES string of the molecule is COc1ccc([N+](=O)[O-])cc1C(=O)OCC(=O)c1cc(C)n(-c2cc(C)on2)c1C. The zero-order valence-electron chi connectivity index (χ0n) is 16.8. The summed E-state index contributed by atoms with van der Waals surface area (Å²) >= 11 is 0. The van der Waals surface area contributed by atoms with Gasteiger partial charge in [-0.2, -0.15) is 0 Å². The number of nitro benzene ring substituents is 1. The summed E-state index contributed by atoms with van der Waals surface area (Å²) in [6, 6.07) is 6.96. The van der Waals surface area contributed by atoms with Crippen molar-refractivity contribution in [2.24, 2.45) is 0 Å². The molecule has 0 N–H and O–H groups in total. The highest BCUT2D eigenvalue weighted by Gasteiger charge is 2.22. The van der Waals surface area contributed by atoms with Crippen LogP contribution in [-0.4, -0.2) is 40.1 Å². The van der Waals surface area contributed by atoms with E-state index in [0.29, 0.717) is 22.8 Å². The van der Waals surface area contributed by atoms with Gasteiger partial charge in [0.05, 0.1) is 12.0 Å². The van der Waals surface area contributed by atoms with Crippen molar-refractivity contribution < 1.29 is 28.5 Å². The highest BCUT2D eigenvalue weighted by molar-refractivity contribution is 6.01. The summed E-state index contributed by atoms with van der Waals surface area (Å²) in [5, 5.41) is 14.9. The van der Waals surface area contributed by atoms with Gasteiger partial charge in [-0.25, -0.2) is 4.79 Å². The minimum absolute atomic E-state index is 0.109. The van der Waals surface area contributed by atoms with Crippen molar-refractivity contribution in [1.82, 2.24) is 9.72 Å². The normalized spacial score (nSPS) is 10.7. The van der Waals surface area contributed by atoms with Crippen LogP contribution in [-0.2, 0) is 4.74 Å². The van der Waals surface area contributed by atoms with Gasteiger partial charge in [0, 0.05) is 35.2 Å². The Morgan fingerprint density at radius 2 is 1.90 bits per heavy atom. The average Bonchev–Trinajstić information content (AvgIpc) is 3.27. The summed E-state index contributed by atoms with van der Waals surface area (Å²) in [5.74, 6) is -0.0418. The number of carbonyl (C=O) groups excluding carboxylic acids is 2. The third-order valence-corrected chi connectivity index (χ3v) is 4.52. The molecule has 0 amide bonds. The molecule has 0 radical (unpaired) electrons. The Balaban J connectivity index is 1.79. The van der Waals surface area contributed by atoms with E-state index in [-0.39, 0.29) is 17.0 Å². The molecule has 0 bridgehead atoms. The lowest BCUT2D eigenvalue weighted by Crippen LogP contribution is -2.16. The number of nitro groups is 1. The fourth-order valence-corrected chi connectivity index (χ4v) is 3.11. The minimum Gasteiger partial charge on any atom is -0.496 e. The average molecular weight is 413 g/mol. The third-order valence-electron chi connectivity index (χ3n) is 4.52. The Morgan fingerprint density at radius 3 is 2.50 bits per heavy atom. The van der Waals surface area contributed by atoms with Crippen LogP contribution < -0.4 is 4.74 Å². The Kier molecular flexibility index (Phi) is 5.67. The molecule has 0 unspecified atom stereocenters. The maximum absolute atomic E-state index is 12.7. The number of ketones is 1. The van der Waals surface area contributed by atoms with E-state index in [9.17, 15) is 19.7 Å². The van der Waals surface area contributed by atoms with Crippen LogP contribution in [0.1, 0.15) is 37.9 Å². The van der Waals surface area contributed by atoms with Gasteiger partial charge in [0.1, 0.15) is 17.1 Å². The predicted octanol–water partition coefficient (Wildman–Crippen LogP) is 3.35. The van der Waals surface area contributed by atoms with Gasteiger partial charge >= 0.3 is 5.97 Å². The maximum atomic E-state index is 12.7. The number of aryl methyl sites for hydroxylation is 2. The van der Waals surface area contributed by atoms with Crippen LogP contribution in [0.2, 0.25) is 0 Å². The first-order valence-electron chi connectivity index (χ1n) is 8.88. The molecule has 0 saturated heterocycles. The van der Waals surface area contributed by atoms with Crippen molar-refractivity contribution in [3.63, 3.8) is 0 Å². The Labute approximate surface area is 171 Å². The number of methoxy groups -OCH3 is 1. The fraction of sp³-hybridized carbons (Fsp3) is 0.250. The number of carbonyl (C=O) groups is 2. The fourth-order valence-electron chi connectivity index (χ4n) is 3.11. The van der Waals surface area contributed by atoms with E-state index in [1.54, 1.807) is 30.5 Å². The number of hydrogen-bond donors (Lipinski definition) is 0. The Hall–Kier alpha value is -3.95. The molecule has 3 aromatic rings. The maximum Gasteiger partial charge on any atom is 0.342 e. The van der Waals surface area contributed by atoms with Crippen LogP contribution in [0.4, 0.5) is 5.69 Å². The van der Waals surface area contributed by atoms with Crippen LogP contribution in [0.25, 0.3) is 5.82 Å². The van der Waals surface area contributed by atoms with E-state index in [1.165, 1.54) is 19.2 Å². The number of non-ortho nitro benzene ring substituents is 1. The summed E-state index contributed by atoms with van der Waals surface area (Å²) in [4.78, 5) is 35.4. The van der Waals surface area contributed by atoms with Gasteiger partial charge < -0.3 is 14.0 Å². The molecule has 0 fully saturated rings. The molecule has 3 rings (SSSR count). The van der Waals surface area contributed by atoms with E-state index in [4.69, 9.17) is 14.0 Å². The first-order chi connectivity index (χ1) is 14.2. The third kappa shape index (κ3) is 3.93. The van der Waals surface area contributed by atoms with Crippen molar-refractivity contribution >= 4 is 17.4 Å². The van der Waals surface area contributed by atoms with Gasteiger partial charge in [-0.15, -0.1) is 0 Å². The van der Waals surface area contributed by atoms with Gasteiger partial charge in [-0.3, -0.25) is 19.5 Å². The summed E-state index contributed by atoms with van der Waals surface area (Å²) in [6.45, 7) is 4.79. The number of hydrogen-bond acceptors (Lipinski definition) is 8.